The van der Waals surface area contributed by atoms with E-state index in [2.05, 4.69) is 22.0 Å². The molecule has 0 saturated carbocycles. The van der Waals surface area contributed by atoms with Gasteiger partial charge in [-0.3, -0.25) is 14.9 Å². The number of hydrogen-bond donors (Lipinski definition) is 1. The van der Waals surface area contributed by atoms with E-state index in [4.69, 9.17) is 23.2 Å². The molecule has 1 N–H and O–H groups in total. The molecule has 3 rings (SSSR count). The van der Waals surface area contributed by atoms with Crippen molar-refractivity contribution >= 4 is 46.2 Å². The van der Waals surface area contributed by atoms with E-state index >= 15 is 0 Å². The van der Waals surface area contributed by atoms with Crippen molar-refractivity contribution in [3.63, 3.8) is 0 Å². The Morgan fingerprint density at radius 2 is 1.82 bits per heavy atom. The second-order valence-corrected chi connectivity index (χ2v) is 7.28. The van der Waals surface area contributed by atoms with E-state index in [9.17, 15) is 14.9 Å². The number of hydrogen-bond acceptors (Lipinski definition) is 5. The zero-order valence-electron chi connectivity index (χ0n) is 15.3. The van der Waals surface area contributed by atoms with Gasteiger partial charge in [-0.1, -0.05) is 30.1 Å². The number of likely N-dealkylation sites (N-methyl/N-ethyl adjacent to an activating group) is 1. The first-order chi connectivity index (χ1) is 13.4. The second kappa shape index (κ2) is 8.77. The van der Waals surface area contributed by atoms with Gasteiger partial charge in [-0.15, -0.1) is 0 Å². The summed E-state index contributed by atoms with van der Waals surface area (Å²) in [7, 11) is 0. The van der Waals surface area contributed by atoms with Gasteiger partial charge in [-0.25, -0.2) is 0 Å². The molecule has 1 aliphatic heterocycles. The Morgan fingerprint density at radius 1 is 1.11 bits per heavy atom. The Balaban J connectivity index is 1.71. The third-order valence-electron chi connectivity index (χ3n) is 4.77. The smallest absolute Gasteiger partial charge is 0.270 e. The number of carbonyl (C=O) groups excluding carboxylic acids is 1. The van der Waals surface area contributed by atoms with E-state index in [1.807, 2.05) is 6.07 Å². The maximum absolute atomic E-state index is 12.5. The molecule has 0 atom stereocenters. The summed E-state index contributed by atoms with van der Waals surface area (Å²) in [5, 5.41) is 14.1. The number of piperazine rings is 1. The fourth-order valence-corrected chi connectivity index (χ4v) is 3.71. The fraction of sp³-hybridized carbons (Fsp3) is 0.316. The molecule has 1 fully saturated rings. The number of non-ortho nitro benzene ring substituents is 1. The molecule has 28 heavy (non-hydrogen) atoms. The minimum Gasteiger partial charge on any atom is -0.368 e. The van der Waals surface area contributed by atoms with E-state index < -0.39 is 10.8 Å². The van der Waals surface area contributed by atoms with Gasteiger partial charge in [-0.05, 0) is 30.8 Å². The van der Waals surface area contributed by atoms with Crippen LogP contribution in [0.15, 0.2) is 36.4 Å². The van der Waals surface area contributed by atoms with Crippen molar-refractivity contribution in [2.45, 2.75) is 6.92 Å². The largest absolute Gasteiger partial charge is 0.368 e. The second-order valence-electron chi connectivity index (χ2n) is 6.46. The van der Waals surface area contributed by atoms with Crippen LogP contribution in [0.3, 0.4) is 0 Å². The van der Waals surface area contributed by atoms with Gasteiger partial charge in [0.15, 0.2) is 0 Å². The van der Waals surface area contributed by atoms with Gasteiger partial charge >= 0.3 is 0 Å². The Hall–Kier alpha value is -2.35. The highest BCUT2D eigenvalue weighted by Gasteiger charge is 2.19. The third kappa shape index (κ3) is 4.55. The third-order valence-corrected chi connectivity index (χ3v) is 5.39. The first-order valence-electron chi connectivity index (χ1n) is 8.91. The molecule has 7 nitrogen and oxygen atoms in total. The zero-order valence-corrected chi connectivity index (χ0v) is 16.8. The lowest BCUT2D eigenvalue weighted by atomic mass is 10.1. The van der Waals surface area contributed by atoms with Gasteiger partial charge in [-0.2, -0.15) is 0 Å². The van der Waals surface area contributed by atoms with E-state index in [0.717, 1.165) is 44.5 Å². The summed E-state index contributed by atoms with van der Waals surface area (Å²) < 4.78 is 0. The van der Waals surface area contributed by atoms with Crippen molar-refractivity contribution in [3.05, 3.63) is 62.1 Å². The van der Waals surface area contributed by atoms with Crippen LogP contribution in [0.2, 0.25) is 10.0 Å². The average Bonchev–Trinajstić information content (AvgIpc) is 2.68. The first kappa shape index (κ1) is 20.4. The van der Waals surface area contributed by atoms with E-state index in [-0.39, 0.29) is 16.3 Å². The molecule has 0 unspecified atom stereocenters. The molecule has 0 spiro atoms. The van der Waals surface area contributed by atoms with Crippen molar-refractivity contribution in [1.29, 1.82) is 0 Å². The van der Waals surface area contributed by atoms with Crippen molar-refractivity contribution in [2.24, 2.45) is 0 Å². The van der Waals surface area contributed by atoms with Gasteiger partial charge < -0.3 is 15.1 Å². The fourth-order valence-electron chi connectivity index (χ4n) is 3.15. The standard InChI is InChI=1S/C19H20Cl2N4O3/c1-2-23-7-9-24(10-8-23)18-6-3-13(11-17(18)21)22-19(26)15-5-4-14(25(27)28)12-16(15)20/h3-6,11-12H,2,7-10H2,1H3,(H,22,26). The van der Waals surface area contributed by atoms with Crippen LogP contribution < -0.4 is 10.2 Å². The van der Waals surface area contributed by atoms with E-state index in [0.29, 0.717) is 10.7 Å². The minimum absolute atomic E-state index is 0.0169. The molecule has 1 saturated heterocycles. The molecule has 2 aromatic rings. The Bertz CT molecular complexity index is 899. The number of nitro groups is 1. The van der Waals surface area contributed by atoms with Crippen LogP contribution >= 0.6 is 23.2 Å². The number of carbonyl (C=O) groups is 1. The van der Waals surface area contributed by atoms with Crippen LogP contribution in [0.5, 0.6) is 0 Å². The first-order valence-corrected chi connectivity index (χ1v) is 9.66. The van der Waals surface area contributed by atoms with Crippen LogP contribution in [0, 0.1) is 10.1 Å². The maximum atomic E-state index is 12.5. The van der Waals surface area contributed by atoms with Gasteiger partial charge in [0.25, 0.3) is 11.6 Å². The predicted octanol–water partition coefficient (Wildman–Crippen LogP) is 4.30. The quantitative estimate of drug-likeness (QED) is 0.573. The monoisotopic (exact) mass is 422 g/mol. The molecule has 0 radical (unpaired) electrons. The van der Waals surface area contributed by atoms with Gasteiger partial charge in [0.2, 0.25) is 0 Å². The number of amides is 1. The summed E-state index contributed by atoms with van der Waals surface area (Å²) in [5.41, 5.74) is 1.45. The molecule has 0 bridgehead atoms. The highest BCUT2D eigenvalue weighted by atomic mass is 35.5. The van der Waals surface area contributed by atoms with Gasteiger partial charge in [0, 0.05) is 44.0 Å². The van der Waals surface area contributed by atoms with Crippen molar-refractivity contribution in [1.82, 2.24) is 4.90 Å². The summed E-state index contributed by atoms with van der Waals surface area (Å²) in [6.45, 7) is 6.97. The molecule has 0 aromatic heterocycles. The molecule has 9 heteroatoms. The average molecular weight is 423 g/mol. The van der Waals surface area contributed by atoms with Crippen LogP contribution in [0.1, 0.15) is 17.3 Å². The number of nitrogens with one attached hydrogen (secondary N) is 1. The molecule has 1 amide bonds. The molecule has 1 heterocycles. The normalized spacial score (nSPS) is 14.8. The van der Waals surface area contributed by atoms with Crippen LogP contribution in [0.4, 0.5) is 17.1 Å². The maximum Gasteiger partial charge on any atom is 0.270 e. The summed E-state index contributed by atoms with van der Waals surface area (Å²) in [6.07, 6.45) is 0. The number of halogens is 2. The van der Waals surface area contributed by atoms with Crippen LogP contribution in [0.25, 0.3) is 0 Å². The lowest BCUT2D eigenvalue weighted by molar-refractivity contribution is -0.384. The number of nitro benzene ring substituents is 1. The summed E-state index contributed by atoms with van der Waals surface area (Å²) in [6, 6.07) is 9.09. The molecular weight excluding hydrogens is 403 g/mol. The Labute approximate surface area is 173 Å². The molecule has 148 valence electrons. The minimum atomic E-state index is -0.563. The number of nitrogens with zero attached hydrogens (tertiary/aromatic N) is 3. The molecule has 1 aliphatic rings. The number of benzene rings is 2. The SMILES string of the molecule is CCN1CCN(c2ccc(NC(=O)c3ccc([N+](=O)[O-])cc3Cl)cc2Cl)CC1. The number of anilines is 2. The molecule has 2 aromatic carbocycles. The van der Waals surface area contributed by atoms with E-state index in [1.54, 1.807) is 12.1 Å². The van der Waals surface area contributed by atoms with Crippen LogP contribution in [-0.4, -0.2) is 48.5 Å². The number of rotatable bonds is 5. The lowest BCUT2D eigenvalue weighted by Crippen LogP contribution is -2.46. The van der Waals surface area contributed by atoms with Crippen molar-refractivity contribution < 1.29 is 9.72 Å². The lowest BCUT2D eigenvalue weighted by Gasteiger charge is -2.36. The summed E-state index contributed by atoms with van der Waals surface area (Å²) in [5.74, 6) is -0.458. The Kier molecular flexibility index (Phi) is 6.39. The van der Waals surface area contributed by atoms with Crippen molar-refractivity contribution in [3.8, 4) is 0 Å². The van der Waals surface area contributed by atoms with Crippen molar-refractivity contribution in [2.75, 3.05) is 42.9 Å². The summed E-state index contributed by atoms with van der Waals surface area (Å²) >= 11 is 12.5. The Morgan fingerprint density at radius 3 is 2.39 bits per heavy atom. The van der Waals surface area contributed by atoms with Crippen LogP contribution in [-0.2, 0) is 0 Å². The topological polar surface area (TPSA) is 78.7 Å². The molecular formula is C19H20Cl2N4O3. The van der Waals surface area contributed by atoms with E-state index in [1.165, 1.54) is 12.1 Å². The highest BCUT2D eigenvalue weighted by molar-refractivity contribution is 6.35. The van der Waals surface area contributed by atoms with Gasteiger partial charge in [0.05, 0.1) is 26.2 Å². The predicted molar refractivity (Wildman–Crippen MR) is 112 cm³/mol. The van der Waals surface area contributed by atoms with Gasteiger partial charge in [0.1, 0.15) is 0 Å². The zero-order chi connectivity index (χ0) is 20.3. The molecule has 0 aliphatic carbocycles. The highest BCUT2D eigenvalue weighted by Crippen LogP contribution is 2.30. The summed E-state index contributed by atoms with van der Waals surface area (Å²) in [4.78, 5) is 27.3.